The summed E-state index contributed by atoms with van der Waals surface area (Å²) in [5, 5.41) is 4.11. The van der Waals surface area contributed by atoms with Gasteiger partial charge in [-0.15, -0.1) is 0 Å². The predicted octanol–water partition coefficient (Wildman–Crippen LogP) is 3.47. The van der Waals surface area contributed by atoms with Crippen LogP contribution in [0.1, 0.15) is 37.4 Å². The van der Waals surface area contributed by atoms with Crippen molar-refractivity contribution in [2.75, 3.05) is 7.05 Å². The lowest BCUT2D eigenvalue weighted by molar-refractivity contribution is 0.0666. The van der Waals surface area contributed by atoms with Crippen LogP contribution in [-0.2, 0) is 0 Å². The summed E-state index contributed by atoms with van der Waals surface area (Å²) in [5.41, 5.74) is 2.10. The molecule has 1 aromatic rings. The van der Waals surface area contributed by atoms with Crippen molar-refractivity contribution in [1.29, 1.82) is 0 Å². The second kappa shape index (κ2) is 3.94. The predicted molar refractivity (Wildman–Crippen MR) is 67.3 cm³/mol. The summed E-state index contributed by atoms with van der Waals surface area (Å²) in [6.07, 6.45) is 0.930. The Hall–Kier alpha value is -0.730. The van der Waals surface area contributed by atoms with E-state index in [2.05, 4.69) is 26.1 Å². The van der Waals surface area contributed by atoms with Gasteiger partial charge in [-0.1, -0.05) is 17.7 Å². The molecule has 0 fully saturated rings. The van der Waals surface area contributed by atoms with E-state index in [-0.39, 0.29) is 11.6 Å². The summed E-state index contributed by atoms with van der Waals surface area (Å²) < 4.78 is 6.04. The van der Waals surface area contributed by atoms with E-state index >= 15 is 0 Å². The third-order valence-electron chi connectivity index (χ3n) is 3.11. The first-order valence-corrected chi connectivity index (χ1v) is 5.98. The van der Waals surface area contributed by atoms with Crippen molar-refractivity contribution in [3.8, 4) is 5.75 Å². The quantitative estimate of drug-likeness (QED) is 0.810. The van der Waals surface area contributed by atoms with Gasteiger partial charge in [0.05, 0.1) is 0 Å². The molecule has 1 aliphatic rings. The molecule has 3 heteroatoms. The molecule has 1 atom stereocenters. The highest BCUT2D eigenvalue weighted by Crippen LogP contribution is 2.44. The molecule has 1 unspecified atom stereocenters. The molecule has 0 bridgehead atoms. The highest BCUT2D eigenvalue weighted by atomic mass is 35.5. The molecule has 1 aromatic carbocycles. The minimum Gasteiger partial charge on any atom is -0.487 e. The van der Waals surface area contributed by atoms with Crippen LogP contribution in [0.15, 0.2) is 12.1 Å². The fourth-order valence-electron chi connectivity index (χ4n) is 2.30. The summed E-state index contributed by atoms with van der Waals surface area (Å²) in [5.74, 6) is 0.947. The summed E-state index contributed by atoms with van der Waals surface area (Å²) >= 11 is 6.26. The number of rotatable bonds is 1. The second-order valence-electron chi connectivity index (χ2n) is 5.01. The van der Waals surface area contributed by atoms with Crippen molar-refractivity contribution >= 4 is 11.6 Å². The monoisotopic (exact) mass is 239 g/mol. The summed E-state index contributed by atoms with van der Waals surface area (Å²) in [4.78, 5) is 0. The molecule has 0 amide bonds. The average molecular weight is 240 g/mol. The van der Waals surface area contributed by atoms with Gasteiger partial charge >= 0.3 is 0 Å². The van der Waals surface area contributed by atoms with Gasteiger partial charge in [-0.2, -0.15) is 0 Å². The van der Waals surface area contributed by atoms with Crippen molar-refractivity contribution < 1.29 is 4.74 Å². The lowest BCUT2D eigenvalue weighted by Gasteiger charge is -2.38. The van der Waals surface area contributed by atoms with Gasteiger partial charge in [-0.3, -0.25) is 0 Å². The smallest absolute Gasteiger partial charge is 0.129 e. The molecule has 1 aliphatic heterocycles. The lowest BCUT2D eigenvalue weighted by atomic mass is 9.88. The number of benzene rings is 1. The van der Waals surface area contributed by atoms with Gasteiger partial charge in [0.15, 0.2) is 0 Å². The van der Waals surface area contributed by atoms with Crippen LogP contribution in [0.5, 0.6) is 5.75 Å². The number of hydrogen-bond donors (Lipinski definition) is 1. The van der Waals surface area contributed by atoms with Crippen LogP contribution < -0.4 is 10.1 Å². The Bertz CT molecular complexity index is 415. The normalized spacial score (nSPS) is 22.4. The molecule has 0 spiro atoms. The number of ether oxygens (including phenoxy) is 1. The topological polar surface area (TPSA) is 21.3 Å². The largest absolute Gasteiger partial charge is 0.487 e. The number of aryl methyl sites for hydroxylation is 1. The summed E-state index contributed by atoms with van der Waals surface area (Å²) in [6, 6.07) is 4.22. The highest BCUT2D eigenvalue weighted by Gasteiger charge is 2.35. The zero-order valence-electron chi connectivity index (χ0n) is 10.2. The molecule has 0 saturated heterocycles. The van der Waals surface area contributed by atoms with Gasteiger partial charge in [-0.25, -0.2) is 0 Å². The van der Waals surface area contributed by atoms with Crippen LogP contribution in [0.4, 0.5) is 0 Å². The van der Waals surface area contributed by atoms with Crippen LogP contribution in [0.2, 0.25) is 5.02 Å². The fourth-order valence-corrected chi connectivity index (χ4v) is 2.58. The van der Waals surface area contributed by atoms with E-state index in [1.165, 1.54) is 0 Å². The molecule has 0 aliphatic carbocycles. The van der Waals surface area contributed by atoms with Crippen LogP contribution in [0.3, 0.4) is 0 Å². The van der Waals surface area contributed by atoms with Gasteiger partial charge in [-0.05, 0) is 39.4 Å². The van der Waals surface area contributed by atoms with Gasteiger partial charge < -0.3 is 10.1 Å². The Morgan fingerprint density at radius 1 is 1.44 bits per heavy atom. The van der Waals surface area contributed by atoms with Gasteiger partial charge in [0.25, 0.3) is 0 Å². The number of fused-ring (bicyclic) bond motifs is 1. The molecule has 0 aromatic heterocycles. The minimum atomic E-state index is -0.143. The first-order valence-electron chi connectivity index (χ1n) is 5.60. The van der Waals surface area contributed by atoms with Crippen LogP contribution >= 0.6 is 11.6 Å². The van der Waals surface area contributed by atoms with Crippen molar-refractivity contribution in [2.24, 2.45) is 0 Å². The van der Waals surface area contributed by atoms with Crippen molar-refractivity contribution in [1.82, 2.24) is 5.32 Å². The van der Waals surface area contributed by atoms with E-state index in [0.29, 0.717) is 0 Å². The minimum absolute atomic E-state index is 0.143. The molecule has 1 heterocycles. The standard InChI is InChI=1S/C13H18ClNO/c1-8-5-6-9(14)11-10(15-4)7-13(2,3)16-12(8)11/h5-6,10,15H,7H2,1-4H3. The Labute approximate surface area is 102 Å². The first-order chi connectivity index (χ1) is 7.44. The maximum Gasteiger partial charge on any atom is 0.129 e. The third-order valence-corrected chi connectivity index (χ3v) is 3.44. The number of hydrogen-bond acceptors (Lipinski definition) is 2. The molecule has 1 N–H and O–H groups in total. The van der Waals surface area contributed by atoms with Gasteiger partial charge in [0.2, 0.25) is 0 Å². The molecule has 2 rings (SSSR count). The zero-order chi connectivity index (χ0) is 11.9. The maximum absolute atomic E-state index is 6.26. The summed E-state index contributed by atoms with van der Waals surface area (Å²) in [6.45, 7) is 6.28. The summed E-state index contributed by atoms with van der Waals surface area (Å²) in [7, 11) is 1.97. The Kier molecular flexibility index (Phi) is 2.89. The molecule has 88 valence electrons. The van der Waals surface area contributed by atoms with E-state index in [0.717, 1.165) is 28.3 Å². The Morgan fingerprint density at radius 3 is 2.75 bits per heavy atom. The molecule has 2 nitrogen and oxygen atoms in total. The molecular weight excluding hydrogens is 222 g/mol. The molecule has 16 heavy (non-hydrogen) atoms. The van der Waals surface area contributed by atoms with Crippen molar-refractivity contribution in [3.05, 3.63) is 28.3 Å². The highest BCUT2D eigenvalue weighted by molar-refractivity contribution is 6.31. The maximum atomic E-state index is 6.26. The van der Waals surface area contributed by atoms with E-state index in [9.17, 15) is 0 Å². The van der Waals surface area contributed by atoms with Crippen LogP contribution in [-0.4, -0.2) is 12.6 Å². The molecule has 0 saturated carbocycles. The number of halogens is 1. The third kappa shape index (κ3) is 1.92. The van der Waals surface area contributed by atoms with Crippen molar-refractivity contribution in [3.63, 3.8) is 0 Å². The Balaban J connectivity index is 2.58. The van der Waals surface area contributed by atoms with Gasteiger partial charge in [0, 0.05) is 23.0 Å². The van der Waals surface area contributed by atoms with E-state index in [1.807, 2.05) is 19.2 Å². The van der Waals surface area contributed by atoms with E-state index < -0.39 is 0 Å². The second-order valence-corrected chi connectivity index (χ2v) is 5.42. The van der Waals surface area contributed by atoms with Crippen LogP contribution in [0, 0.1) is 6.92 Å². The SMILES string of the molecule is CNC1CC(C)(C)Oc2c(C)ccc(Cl)c21. The first kappa shape index (κ1) is 11.7. The van der Waals surface area contributed by atoms with E-state index in [4.69, 9.17) is 16.3 Å². The van der Waals surface area contributed by atoms with Gasteiger partial charge in [0.1, 0.15) is 11.4 Å². The van der Waals surface area contributed by atoms with Crippen LogP contribution in [0.25, 0.3) is 0 Å². The fraction of sp³-hybridized carbons (Fsp3) is 0.538. The molecule has 0 radical (unpaired) electrons. The molecular formula is C13H18ClNO. The average Bonchev–Trinajstić information content (AvgIpc) is 2.21. The lowest BCUT2D eigenvalue weighted by Crippen LogP contribution is -2.39. The Morgan fingerprint density at radius 2 is 2.12 bits per heavy atom. The van der Waals surface area contributed by atoms with Crippen molar-refractivity contribution in [2.45, 2.75) is 38.8 Å². The number of nitrogens with one attached hydrogen (secondary N) is 1. The van der Waals surface area contributed by atoms with E-state index in [1.54, 1.807) is 0 Å². The zero-order valence-corrected chi connectivity index (χ0v) is 11.0.